The second-order valence-electron chi connectivity index (χ2n) is 3.47. The molecule has 0 unspecified atom stereocenters. The number of halogens is 3. The summed E-state index contributed by atoms with van der Waals surface area (Å²) < 4.78 is 45.7. The molecular formula is C11H5F3N2O. The summed E-state index contributed by atoms with van der Waals surface area (Å²) in [6.07, 6.45) is 4.45. The van der Waals surface area contributed by atoms with Crippen molar-refractivity contribution in [1.29, 1.82) is 0 Å². The molecule has 2 aromatic heterocycles. The highest BCUT2D eigenvalue weighted by Gasteiger charge is 2.14. The van der Waals surface area contributed by atoms with Gasteiger partial charge in [-0.3, -0.25) is 4.40 Å². The second-order valence-corrected chi connectivity index (χ2v) is 3.47. The monoisotopic (exact) mass is 238 g/mol. The first-order chi connectivity index (χ1) is 8.15. The third-order valence-corrected chi connectivity index (χ3v) is 2.38. The summed E-state index contributed by atoms with van der Waals surface area (Å²) in [5.74, 6) is -2.96. The number of hydrogen-bond donors (Lipinski definition) is 0. The first-order valence-electron chi connectivity index (χ1n) is 4.72. The van der Waals surface area contributed by atoms with Crippen LogP contribution in [0.4, 0.5) is 13.2 Å². The Labute approximate surface area is 93.1 Å². The Morgan fingerprint density at radius 3 is 2.59 bits per heavy atom. The number of fused-ring (bicyclic) bond motifs is 1. The van der Waals surface area contributed by atoms with E-state index in [4.69, 9.17) is 4.42 Å². The lowest BCUT2D eigenvalue weighted by Crippen LogP contribution is -1.91. The Hall–Kier alpha value is -2.24. The summed E-state index contributed by atoms with van der Waals surface area (Å²) in [6, 6.07) is 1.26. The van der Waals surface area contributed by atoms with Gasteiger partial charge in [-0.25, -0.2) is 13.2 Å². The minimum absolute atomic E-state index is 0.109. The smallest absolute Gasteiger partial charge is 0.306 e. The fraction of sp³-hybridized carbons (Fsp3) is 0. The number of hydrogen-bond acceptors (Lipinski definition) is 2. The van der Waals surface area contributed by atoms with Gasteiger partial charge in [-0.1, -0.05) is 0 Å². The summed E-state index contributed by atoms with van der Waals surface area (Å²) in [5.41, 5.74) is 0.0727. The van der Waals surface area contributed by atoms with Crippen LogP contribution in [0.5, 0.6) is 0 Å². The van der Waals surface area contributed by atoms with Gasteiger partial charge in [0.05, 0.1) is 5.69 Å². The molecule has 3 aromatic rings. The lowest BCUT2D eigenvalue weighted by Gasteiger charge is -2.00. The minimum atomic E-state index is -1.23. The summed E-state index contributed by atoms with van der Waals surface area (Å²) in [7, 11) is 0. The number of aromatic nitrogens is 2. The molecule has 86 valence electrons. The largest absolute Gasteiger partial charge is 0.432 e. The molecule has 0 spiro atoms. The predicted molar refractivity (Wildman–Crippen MR) is 52.8 cm³/mol. The molecule has 0 atom stereocenters. The van der Waals surface area contributed by atoms with E-state index in [2.05, 4.69) is 4.98 Å². The topological polar surface area (TPSA) is 30.4 Å². The van der Waals surface area contributed by atoms with E-state index in [9.17, 15) is 13.2 Å². The van der Waals surface area contributed by atoms with E-state index in [1.165, 1.54) is 16.9 Å². The molecule has 3 nitrogen and oxygen atoms in total. The zero-order valence-corrected chi connectivity index (χ0v) is 8.32. The third kappa shape index (κ3) is 1.49. The molecule has 0 bridgehead atoms. The molecule has 1 aromatic carbocycles. The molecule has 0 aliphatic carbocycles. The first-order valence-corrected chi connectivity index (χ1v) is 4.72. The number of imidazole rings is 1. The highest BCUT2D eigenvalue weighted by molar-refractivity contribution is 5.61. The molecular weight excluding hydrogens is 233 g/mol. The van der Waals surface area contributed by atoms with Crippen LogP contribution >= 0.6 is 0 Å². The van der Waals surface area contributed by atoms with E-state index >= 15 is 0 Å². The number of rotatable bonds is 1. The maximum absolute atomic E-state index is 13.5. The molecule has 6 heteroatoms. The van der Waals surface area contributed by atoms with Crippen molar-refractivity contribution in [3.8, 4) is 11.3 Å². The Bertz CT molecular complexity index is 673. The summed E-state index contributed by atoms with van der Waals surface area (Å²) >= 11 is 0. The fourth-order valence-corrected chi connectivity index (χ4v) is 1.58. The van der Waals surface area contributed by atoms with Gasteiger partial charge in [-0.2, -0.15) is 4.98 Å². The summed E-state index contributed by atoms with van der Waals surface area (Å²) in [4.78, 5) is 3.94. The number of benzene rings is 1. The van der Waals surface area contributed by atoms with E-state index < -0.39 is 17.5 Å². The minimum Gasteiger partial charge on any atom is -0.432 e. The second kappa shape index (κ2) is 3.38. The van der Waals surface area contributed by atoms with Gasteiger partial charge < -0.3 is 4.42 Å². The van der Waals surface area contributed by atoms with Gasteiger partial charge in [0, 0.05) is 24.0 Å². The zero-order valence-electron chi connectivity index (χ0n) is 8.32. The number of oxazole rings is 1. The molecule has 17 heavy (non-hydrogen) atoms. The van der Waals surface area contributed by atoms with Crippen LogP contribution in [0.15, 0.2) is 35.2 Å². The van der Waals surface area contributed by atoms with Crippen LogP contribution < -0.4 is 0 Å². The maximum Gasteiger partial charge on any atom is 0.306 e. The molecule has 2 heterocycles. The van der Waals surface area contributed by atoms with Crippen molar-refractivity contribution in [2.24, 2.45) is 0 Å². The Kier molecular flexibility index (Phi) is 1.98. The lowest BCUT2D eigenvalue weighted by molar-refractivity contribution is 0.496. The molecule has 0 aliphatic heterocycles. The molecule has 0 radical (unpaired) electrons. The summed E-state index contributed by atoms with van der Waals surface area (Å²) in [6.45, 7) is 0. The van der Waals surface area contributed by atoms with Gasteiger partial charge in [-0.05, 0) is 6.07 Å². The van der Waals surface area contributed by atoms with Crippen molar-refractivity contribution >= 4 is 5.84 Å². The molecule has 0 N–H and O–H groups in total. The Morgan fingerprint density at radius 2 is 1.82 bits per heavy atom. The molecule has 0 saturated carbocycles. The van der Waals surface area contributed by atoms with Crippen LogP contribution in [-0.2, 0) is 0 Å². The molecule has 0 fully saturated rings. The van der Waals surface area contributed by atoms with E-state index in [1.807, 2.05) is 0 Å². The van der Waals surface area contributed by atoms with Crippen LogP contribution in [0.25, 0.3) is 17.1 Å². The van der Waals surface area contributed by atoms with Gasteiger partial charge in [-0.15, -0.1) is 0 Å². The fourth-order valence-electron chi connectivity index (χ4n) is 1.58. The van der Waals surface area contributed by atoms with E-state index in [0.717, 1.165) is 6.07 Å². The normalized spacial score (nSPS) is 11.2. The van der Waals surface area contributed by atoms with Crippen molar-refractivity contribution in [3.63, 3.8) is 0 Å². The van der Waals surface area contributed by atoms with Gasteiger partial charge >= 0.3 is 5.84 Å². The lowest BCUT2D eigenvalue weighted by atomic mass is 10.1. The quantitative estimate of drug-likeness (QED) is 0.610. The third-order valence-electron chi connectivity index (χ3n) is 2.38. The van der Waals surface area contributed by atoms with Crippen LogP contribution in [0, 0.1) is 17.5 Å². The van der Waals surface area contributed by atoms with Crippen molar-refractivity contribution < 1.29 is 17.6 Å². The van der Waals surface area contributed by atoms with Crippen molar-refractivity contribution in [2.75, 3.05) is 0 Å². The van der Waals surface area contributed by atoms with E-state index in [-0.39, 0.29) is 17.1 Å². The SMILES string of the molecule is Fc1cc(F)c(-c2cn3ccoc3n2)cc1F. The van der Waals surface area contributed by atoms with Crippen molar-refractivity contribution in [1.82, 2.24) is 9.38 Å². The van der Waals surface area contributed by atoms with Crippen LogP contribution in [0.1, 0.15) is 0 Å². The van der Waals surface area contributed by atoms with Crippen LogP contribution in [0.3, 0.4) is 0 Å². The summed E-state index contributed by atoms with van der Waals surface area (Å²) in [5, 5.41) is 0. The van der Waals surface area contributed by atoms with Gasteiger partial charge in [0.2, 0.25) is 0 Å². The van der Waals surface area contributed by atoms with Gasteiger partial charge in [0.1, 0.15) is 12.1 Å². The zero-order chi connectivity index (χ0) is 12.0. The van der Waals surface area contributed by atoms with Gasteiger partial charge in [0.15, 0.2) is 11.6 Å². The van der Waals surface area contributed by atoms with Crippen LogP contribution in [0.2, 0.25) is 0 Å². The average molecular weight is 238 g/mol. The molecule has 0 amide bonds. The Morgan fingerprint density at radius 1 is 1.06 bits per heavy atom. The molecule has 0 saturated heterocycles. The Balaban J connectivity index is 2.21. The van der Waals surface area contributed by atoms with E-state index in [0.29, 0.717) is 6.07 Å². The highest BCUT2D eigenvalue weighted by Crippen LogP contribution is 2.24. The van der Waals surface area contributed by atoms with Crippen molar-refractivity contribution in [3.05, 3.63) is 48.2 Å². The predicted octanol–water partition coefficient (Wildman–Crippen LogP) is 3.01. The number of nitrogens with zero attached hydrogens (tertiary/aromatic N) is 2. The van der Waals surface area contributed by atoms with Gasteiger partial charge in [0.25, 0.3) is 0 Å². The van der Waals surface area contributed by atoms with Crippen molar-refractivity contribution in [2.45, 2.75) is 0 Å². The van der Waals surface area contributed by atoms with Crippen LogP contribution in [-0.4, -0.2) is 9.38 Å². The molecule has 0 aliphatic rings. The standard InChI is InChI=1S/C11H5F3N2O/c12-7-4-9(14)8(13)3-6(7)10-5-16-1-2-17-11(16)15-10/h1-5H. The maximum atomic E-state index is 13.5. The average Bonchev–Trinajstić information content (AvgIpc) is 2.83. The first kappa shape index (κ1) is 9.95. The van der Waals surface area contributed by atoms with E-state index in [1.54, 1.807) is 6.20 Å². The highest BCUT2D eigenvalue weighted by atomic mass is 19.2. The molecule has 3 rings (SSSR count).